The van der Waals surface area contributed by atoms with Crippen LogP contribution in [0.5, 0.6) is 0 Å². The molecule has 0 amide bonds. The van der Waals surface area contributed by atoms with Crippen LogP contribution in [0.3, 0.4) is 0 Å². The van der Waals surface area contributed by atoms with Crippen LogP contribution >= 0.6 is 0 Å². The summed E-state index contributed by atoms with van der Waals surface area (Å²) in [4.78, 5) is 10.8. The Bertz CT molecular complexity index is 941. The second kappa shape index (κ2) is 10.8. The summed E-state index contributed by atoms with van der Waals surface area (Å²) in [5.41, 5.74) is 1.08. The molecule has 0 fully saturated rings. The van der Waals surface area contributed by atoms with Crippen molar-refractivity contribution in [2.75, 3.05) is 6.54 Å². The standard InChI is InChI=1S/C25H27NO4Si/c1-21(18-19-23-12-6-3-7-13-23)29-31(24-14-8-4-9-15-24,25-16-10-5-11-17-25)30-22(2)20-26(27)28/h3-19,21-22H,20H2,1-2H3/b19-18+. The Labute approximate surface area is 184 Å². The van der Waals surface area contributed by atoms with E-state index in [1.54, 1.807) is 6.92 Å². The summed E-state index contributed by atoms with van der Waals surface area (Å²) in [5.74, 6) is 0. The molecule has 0 bridgehead atoms. The molecule has 5 nitrogen and oxygen atoms in total. The minimum atomic E-state index is -3.23. The van der Waals surface area contributed by atoms with Crippen molar-refractivity contribution in [2.45, 2.75) is 26.1 Å². The van der Waals surface area contributed by atoms with Crippen LogP contribution in [0.4, 0.5) is 0 Å². The Balaban J connectivity index is 2.00. The fourth-order valence-corrected chi connectivity index (χ4v) is 6.86. The summed E-state index contributed by atoms with van der Waals surface area (Å²) in [6.45, 7) is 3.41. The molecule has 2 atom stereocenters. The largest absolute Gasteiger partial charge is 0.408 e. The number of nitro groups is 1. The summed E-state index contributed by atoms with van der Waals surface area (Å²) in [5, 5.41) is 13.0. The first-order chi connectivity index (χ1) is 15.0. The molecule has 0 heterocycles. The number of rotatable bonds is 10. The fourth-order valence-electron chi connectivity index (χ4n) is 3.42. The van der Waals surface area contributed by atoms with E-state index < -0.39 is 14.7 Å². The van der Waals surface area contributed by atoms with Crippen LogP contribution in [0.2, 0.25) is 0 Å². The smallest absolute Gasteiger partial charge is 0.381 e. The second-order valence-corrected chi connectivity index (χ2v) is 10.2. The highest BCUT2D eigenvalue weighted by Gasteiger charge is 2.45. The lowest BCUT2D eigenvalue weighted by molar-refractivity contribution is -0.488. The van der Waals surface area contributed by atoms with Crippen molar-refractivity contribution in [1.82, 2.24) is 0 Å². The first-order valence-electron chi connectivity index (χ1n) is 10.3. The van der Waals surface area contributed by atoms with Crippen LogP contribution in [0.15, 0.2) is 97.1 Å². The van der Waals surface area contributed by atoms with Crippen molar-refractivity contribution >= 4 is 25.0 Å². The summed E-state index contributed by atoms with van der Waals surface area (Å²) in [7, 11) is -3.23. The van der Waals surface area contributed by atoms with E-state index >= 15 is 0 Å². The van der Waals surface area contributed by atoms with Crippen LogP contribution in [0, 0.1) is 10.1 Å². The van der Waals surface area contributed by atoms with Gasteiger partial charge in [0, 0.05) is 4.92 Å². The van der Waals surface area contributed by atoms with Crippen molar-refractivity contribution in [3.05, 3.63) is 113 Å². The molecule has 6 heteroatoms. The highest BCUT2D eigenvalue weighted by Crippen LogP contribution is 2.17. The zero-order chi connectivity index (χ0) is 22.1. The van der Waals surface area contributed by atoms with Gasteiger partial charge in [-0.25, -0.2) is 0 Å². The Morgan fingerprint density at radius 3 is 1.81 bits per heavy atom. The molecule has 3 aromatic rings. The summed E-state index contributed by atoms with van der Waals surface area (Å²) >= 11 is 0. The Kier molecular flexibility index (Phi) is 7.89. The Hall–Kier alpha value is -3.06. The molecule has 0 saturated carbocycles. The SMILES string of the molecule is CC(/C=C/c1ccccc1)O[Si](OC(C)C[N+](=O)[O-])(c1ccccc1)c1ccccc1. The highest BCUT2D eigenvalue weighted by molar-refractivity contribution is 6.92. The van der Waals surface area contributed by atoms with Gasteiger partial charge in [-0.3, -0.25) is 10.1 Å². The molecular formula is C25H27NO4Si. The maximum atomic E-state index is 11.1. The average Bonchev–Trinajstić information content (AvgIpc) is 2.78. The molecule has 0 aliphatic rings. The third-order valence-electron chi connectivity index (χ3n) is 4.79. The monoisotopic (exact) mass is 433 g/mol. The lowest BCUT2D eigenvalue weighted by atomic mass is 10.2. The maximum Gasteiger partial charge on any atom is 0.408 e. The summed E-state index contributed by atoms with van der Waals surface area (Å²) in [6, 6.07) is 29.5. The summed E-state index contributed by atoms with van der Waals surface area (Å²) in [6.07, 6.45) is 3.13. The third-order valence-corrected chi connectivity index (χ3v) is 8.42. The highest BCUT2D eigenvalue weighted by atomic mass is 28.4. The molecule has 0 radical (unpaired) electrons. The van der Waals surface area contributed by atoms with Crippen molar-refractivity contribution in [1.29, 1.82) is 0 Å². The van der Waals surface area contributed by atoms with Crippen LogP contribution in [-0.4, -0.2) is 32.2 Å². The van der Waals surface area contributed by atoms with E-state index in [0.29, 0.717) is 0 Å². The van der Waals surface area contributed by atoms with Gasteiger partial charge in [0.05, 0.1) is 6.10 Å². The van der Waals surface area contributed by atoms with Crippen LogP contribution in [0.25, 0.3) is 6.08 Å². The first kappa shape index (κ1) is 22.6. The predicted octanol–water partition coefficient (Wildman–Crippen LogP) is 4.04. The predicted molar refractivity (Wildman–Crippen MR) is 126 cm³/mol. The lowest BCUT2D eigenvalue weighted by Gasteiger charge is -2.35. The van der Waals surface area contributed by atoms with E-state index in [1.165, 1.54) is 0 Å². The molecule has 3 rings (SSSR count). The minimum absolute atomic E-state index is 0.268. The fraction of sp³-hybridized carbons (Fsp3) is 0.200. The van der Waals surface area contributed by atoms with Gasteiger partial charge in [0.1, 0.15) is 6.10 Å². The molecule has 0 N–H and O–H groups in total. The quantitative estimate of drug-likeness (QED) is 0.275. The lowest BCUT2D eigenvalue weighted by Crippen LogP contribution is -2.65. The molecule has 0 aliphatic heterocycles. The van der Waals surface area contributed by atoms with Crippen LogP contribution < -0.4 is 10.4 Å². The first-order valence-corrected chi connectivity index (χ1v) is 12.1. The van der Waals surface area contributed by atoms with Gasteiger partial charge in [-0.1, -0.05) is 103 Å². The molecule has 0 saturated heterocycles. The van der Waals surface area contributed by atoms with Gasteiger partial charge in [0.25, 0.3) is 0 Å². The molecule has 160 valence electrons. The van der Waals surface area contributed by atoms with Gasteiger partial charge < -0.3 is 8.85 Å². The van der Waals surface area contributed by atoms with Crippen LogP contribution in [0.1, 0.15) is 19.4 Å². The van der Waals surface area contributed by atoms with Gasteiger partial charge in [-0.2, -0.15) is 0 Å². The summed E-state index contributed by atoms with van der Waals surface area (Å²) < 4.78 is 13.2. The van der Waals surface area contributed by atoms with E-state index in [4.69, 9.17) is 8.85 Å². The molecule has 0 aromatic heterocycles. The minimum Gasteiger partial charge on any atom is -0.381 e. The zero-order valence-corrected chi connectivity index (χ0v) is 18.8. The van der Waals surface area contributed by atoms with Gasteiger partial charge in [0.2, 0.25) is 6.54 Å². The molecular weight excluding hydrogens is 406 g/mol. The van der Waals surface area contributed by atoms with Gasteiger partial charge >= 0.3 is 8.56 Å². The van der Waals surface area contributed by atoms with E-state index in [2.05, 4.69) is 0 Å². The maximum absolute atomic E-state index is 11.1. The number of benzene rings is 3. The van der Waals surface area contributed by atoms with E-state index in [-0.39, 0.29) is 17.6 Å². The number of nitrogens with zero attached hydrogens (tertiary/aromatic N) is 1. The van der Waals surface area contributed by atoms with E-state index in [1.807, 2.05) is 110 Å². The zero-order valence-electron chi connectivity index (χ0n) is 17.8. The molecule has 31 heavy (non-hydrogen) atoms. The Morgan fingerprint density at radius 1 is 0.839 bits per heavy atom. The van der Waals surface area contributed by atoms with E-state index in [0.717, 1.165) is 15.9 Å². The molecule has 0 aliphatic carbocycles. The van der Waals surface area contributed by atoms with E-state index in [9.17, 15) is 10.1 Å². The molecule has 2 unspecified atom stereocenters. The van der Waals surface area contributed by atoms with Crippen molar-refractivity contribution in [3.63, 3.8) is 0 Å². The Morgan fingerprint density at radius 2 is 1.32 bits per heavy atom. The third kappa shape index (κ3) is 6.21. The second-order valence-electron chi connectivity index (χ2n) is 7.39. The van der Waals surface area contributed by atoms with Gasteiger partial charge in [0.15, 0.2) is 0 Å². The molecule has 0 spiro atoms. The van der Waals surface area contributed by atoms with Gasteiger partial charge in [-0.05, 0) is 29.8 Å². The number of hydrogen-bond acceptors (Lipinski definition) is 4. The molecule has 3 aromatic carbocycles. The average molecular weight is 434 g/mol. The van der Waals surface area contributed by atoms with Crippen molar-refractivity contribution in [2.24, 2.45) is 0 Å². The van der Waals surface area contributed by atoms with Crippen LogP contribution in [-0.2, 0) is 8.85 Å². The van der Waals surface area contributed by atoms with Crippen molar-refractivity contribution in [3.8, 4) is 0 Å². The van der Waals surface area contributed by atoms with Crippen molar-refractivity contribution < 1.29 is 13.8 Å². The normalized spacial score (nSPS) is 13.7. The van der Waals surface area contributed by atoms with Gasteiger partial charge in [-0.15, -0.1) is 0 Å². The topological polar surface area (TPSA) is 61.6 Å². The number of hydrogen-bond donors (Lipinski definition) is 0.